The van der Waals surface area contributed by atoms with Gasteiger partial charge in [-0.1, -0.05) is 0 Å². The molecule has 2 amide bonds. The predicted octanol–water partition coefficient (Wildman–Crippen LogP) is 1.11. The van der Waals surface area contributed by atoms with Gasteiger partial charge in [0.1, 0.15) is 0 Å². The number of carbonyl (C=O) groups is 2. The van der Waals surface area contributed by atoms with Crippen LogP contribution in [0.3, 0.4) is 0 Å². The zero-order valence-electron chi connectivity index (χ0n) is 11.4. The van der Waals surface area contributed by atoms with E-state index in [1.165, 1.54) is 9.80 Å². The molecule has 0 spiro atoms. The highest BCUT2D eigenvalue weighted by Gasteiger charge is 2.18. The van der Waals surface area contributed by atoms with Gasteiger partial charge in [0, 0.05) is 26.2 Å². The standard InChI is InChI=1S/C14H17N3O2/c1-4-17(10-13(18)16(2)3)14(19)12-7-5-11(9-15)6-8-12/h5-8H,4,10H2,1-3H3. The van der Waals surface area contributed by atoms with Gasteiger partial charge in [-0.3, -0.25) is 9.59 Å². The molecule has 0 N–H and O–H groups in total. The Morgan fingerprint density at radius 1 is 1.21 bits per heavy atom. The molecule has 0 aliphatic carbocycles. The number of rotatable bonds is 4. The molecule has 0 aliphatic rings. The first kappa shape index (κ1) is 14.7. The van der Waals surface area contributed by atoms with Gasteiger partial charge in [0.05, 0.1) is 18.2 Å². The zero-order chi connectivity index (χ0) is 14.4. The number of hydrogen-bond donors (Lipinski definition) is 0. The number of carbonyl (C=O) groups excluding carboxylic acids is 2. The molecular weight excluding hydrogens is 242 g/mol. The van der Waals surface area contributed by atoms with Crippen molar-refractivity contribution in [3.8, 4) is 6.07 Å². The number of hydrogen-bond acceptors (Lipinski definition) is 3. The Bertz CT molecular complexity index is 500. The maximum Gasteiger partial charge on any atom is 0.254 e. The van der Waals surface area contributed by atoms with Crippen LogP contribution < -0.4 is 0 Å². The van der Waals surface area contributed by atoms with E-state index in [9.17, 15) is 9.59 Å². The summed E-state index contributed by atoms with van der Waals surface area (Å²) in [4.78, 5) is 26.8. The molecule has 5 nitrogen and oxygen atoms in total. The molecule has 0 unspecified atom stereocenters. The smallest absolute Gasteiger partial charge is 0.254 e. The van der Waals surface area contributed by atoms with E-state index < -0.39 is 0 Å². The normalized spacial score (nSPS) is 9.58. The Morgan fingerprint density at radius 2 is 1.79 bits per heavy atom. The SMILES string of the molecule is CCN(CC(=O)N(C)C)C(=O)c1ccc(C#N)cc1. The molecule has 0 fully saturated rings. The number of likely N-dealkylation sites (N-methyl/N-ethyl adjacent to an activating group) is 2. The fraction of sp³-hybridized carbons (Fsp3) is 0.357. The van der Waals surface area contributed by atoms with Crippen LogP contribution in [0.4, 0.5) is 0 Å². The molecule has 1 aromatic carbocycles. The summed E-state index contributed by atoms with van der Waals surface area (Å²) in [5.74, 6) is -0.328. The lowest BCUT2D eigenvalue weighted by molar-refractivity contribution is -0.129. The molecule has 0 aromatic heterocycles. The summed E-state index contributed by atoms with van der Waals surface area (Å²) in [5.41, 5.74) is 0.983. The van der Waals surface area contributed by atoms with E-state index in [2.05, 4.69) is 0 Å². The molecular formula is C14H17N3O2. The minimum atomic E-state index is -0.206. The van der Waals surface area contributed by atoms with Crippen molar-refractivity contribution in [1.82, 2.24) is 9.80 Å². The van der Waals surface area contributed by atoms with Crippen LogP contribution in [0.5, 0.6) is 0 Å². The second-order valence-corrected chi connectivity index (χ2v) is 4.30. The van der Waals surface area contributed by atoms with Crippen LogP contribution in [0.1, 0.15) is 22.8 Å². The average Bonchev–Trinajstić information content (AvgIpc) is 2.43. The number of amides is 2. The summed E-state index contributed by atoms with van der Waals surface area (Å²) in [6.07, 6.45) is 0. The molecule has 1 aromatic rings. The lowest BCUT2D eigenvalue weighted by Gasteiger charge is -2.22. The minimum Gasteiger partial charge on any atom is -0.347 e. The van der Waals surface area contributed by atoms with Crippen LogP contribution >= 0.6 is 0 Å². The lowest BCUT2D eigenvalue weighted by atomic mass is 10.1. The van der Waals surface area contributed by atoms with Crippen LogP contribution in [0.2, 0.25) is 0 Å². The van der Waals surface area contributed by atoms with E-state index in [0.717, 1.165) is 0 Å². The van der Waals surface area contributed by atoms with E-state index in [0.29, 0.717) is 17.7 Å². The number of benzene rings is 1. The first-order valence-corrected chi connectivity index (χ1v) is 5.99. The zero-order valence-corrected chi connectivity index (χ0v) is 11.4. The molecule has 0 radical (unpaired) electrons. The van der Waals surface area contributed by atoms with Crippen molar-refractivity contribution >= 4 is 11.8 Å². The van der Waals surface area contributed by atoms with Crippen LogP contribution in [0.15, 0.2) is 24.3 Å². The highest BCUT2D eigenvalue weighted by atomic mass is 16.2. The summed E-state index contributed by atoms with van der Waals surface area (Å²) < 4.78 is 0. The van der Waals surface area contributed by atoms with Crippen LogP contribution in [0, 0.1) is 11.3 Å². The fourth-order valence-electron chi connectivity index (χ4n) is 1.50. The third-order valence-corrected chi connectivity index (χ3v) is 2.75. The summed E-state index contributed by atoms with van der Waals surface area (Å²) in [5, 5.41) is 8.71. The van der Waals surface area contributed by atoms with Gasteiger partial charge >= 0.3 is 0 Å². The molecule has 1 rings (SSSR count). The van der Waals surface area contributed by atoms with Gasteiger partial charge in [0.2, 0.25) is 5.91 Å². The first-order chi connectivity index (χ1) is 8.99. The second-order valence-electron chi connectivity index (χ2n) is 4.30. The third kappa shape index (κ3) is 3.81. The van der Waals surface area contributed by atoms with E-state index >= 15 is 0 Å². The van der Waals surface area contributed by atoms with Crippen molar-refractivity contribution in [3.63, 3.8) is 0 Å². The molecule has 0 aliphatic heterocycles. The molecule has 19 heavy (non-hydrogen) atoms. The highest BCUT2D eigenvalue weighted by molar-refractivity contribution is 5.96. The van der Waals surface area contributed by atoms with E-state index in [-0.39, 0.29) is 18.4 Å². The maximum atomic E-state index is 12.2. The molecule has 0 bridgehead atoms. The molecule has 0 atom stereocenters. The molecule has 0 heterocycles. The summed E-state index contributed by atoms with van der Waals surface area (Å²) in [6.45, 7) is 2.34. The Hall–Kier alpha value is -2.35. The second kappa shape index (κ2) is 6.55. The monoisotopic (exact) mass is 259 g/mol. The lowest BCUT2D eigenvalue weighted by Crippen LogP contribution is -2.40. The number of nitrogens with zero attached hydrogens (tertiary/aromatic N) is 3. The first-order valence-electron chi connectivity index (χ1n) is 5.99. The fourth-order valence-corrected chi connectivity index (χ4v) is 1.50. The van der Waals surface area contributed by atoms with Gasteiger partial charge in [-0.2, -0.15) is 5.26 Å². The average molecular weight is 259 g/mol. The van der Waals surface area contributed by atoms with Crippen molar-refractivity contribution in [2.24, 2.45) is 0 Å². The van der Waals surface area contributed by atoms with Crippen LogP contribution in [0.25, 0.3) is 0 Å². The van der Waals surface area contributed by atoms with Crippen molar-refractivity contribution < 1.29 is 9.59 Å². The minimum absolute atomic E-state index is 0.0579. The Labute approximate surface area is 113 Å². The van der Waals surface area contributed by atoms with Gasteiger partial charge in [-0.25, -0.2) is 0 Å². The molecule has 0 saturated heterocycles. The predicted molar refractivity (Wildman–Crippen MR) is 71.4 cm³/mol. The van der Waals surface area contributed by atoms with Crippen molar-refractivity contribution in [2.75, 3.05) is 27.2 Å². The molecule has 100 valence electrons. The van der Waals surface area contributed by atoms with Crippen molar-refractivity contribution in [2.45, 2.75) is 6.92 Å². The maximum absolute atomic E-state index is 12.2. The Kier molecular flexibility index (Phi) is 5.07. The van der Waals surface area contributed by atoms with Crippen LogP contribution in [-0.4, -0.2) is 48.8 Å². The summed E-state index contributed by atoms with van der Waals surface area (Å²) in [7, 11) is 3.31. The van der Waals surface area contributed by atoms with Crippen molar-refractivity contribution in [1.29, 1.82) is 5.26 Å². The van der Waals surface area contributed by atoms with E-state index in [1.807, 2.05) is 13.0 Å². The third-order valence-electron chi connectivity index (χ3n) is 2.75. The van der Waals surface area contributed by atoms with Crippen LogP contribution in [-0.2, 0) is 4.79 Å². The number of nitriles is 1. The largest absolute Gasteiger partial charge is 0.347 e. The van der Waals surface area contributed by atoms with Crippen molar-refractivity contribution in [3.05, 3.63) is 35.4 Å². The Morgan fingerprint density at radius 3 is 2.21 bits per heavy atom. The summed E-state index contributed by atoms with van der Waals surface area (Å²) in [6, 6.07) is 8.38. The quantitative estimate of drug-likeness (QED) is 0.813. The Balaban J connectivity index is 2.83. The van der Waals surface area contributed by atoms with Gasteiger partial charge in [-0.05, 0) is 31.2 Å². The van der Waals surface area contributed by atoms with E-state index in [4.69, 9.17) is 5.26 Å². The van der Waals surface area contributed by atoms with Gasteiger partial charge in [0.15, 0.2) is 0 Å². The molecule has 0 saturated carbocycles. The van der Waals surface area contributed by atoms with Gasteiger partial charge in [0.25, 0.3) is 5.91 Å². The molecule has 5 heteroatoms. The highest BCUT2D eigenvalue weighted by Crippen LogP contribution is 2.07. The summed E-state index contributed by atoms with van der Waals surface area (Å²) >= 11 is 0. The van der Waals surface area contributed by atoms with Gasteiger partial charge < -0.3 is 9.80 Å². The van der Waals surface area contributed by atoms with E-state index in [1.54, 1.807) is 38.4 Å². The van der Waals surface area contributed by atoms with Gasteiger partial charge in [-0.15, -0.1) is 0 Å². The topological polar surface area (TPSA) is 64.4 Å².